The Balaban J connectivity index is 1.84. The van der Waals surface area contributed by atoms with Gasteiger partial charge < -0.3 is 10.2 Å². The van der Waals surface area contributed by atoms with E-state index in [1.807, 2.05) is 6.92 Å². The number of benzene rings is 1. The zero-order valence-electron chi connectivity index (χ0n) is 11.8. The fraction of sp³-hybridized carbons (Fsp3) is 0.600. The topological polar surface area (TPSA) is 58.4 Å². The van der Waals surface area contributed by atoms with Crippen LogP contribution in [0.25, 0.3) is 0 Å². The quantitative estimate of drug-likeness (QED) is 0.663. The summed E-state index contributed by atoms with van der Waals surface area (Å²) < 4.78 is 0. The van der Waals surface area contributed by atoms with Crippen molar-refractivity contribution < 1.29 is 4.92 Å². The van der Waals surface area contributed by atoms with Crippen molar-refractivity contribution in [3.63, 3.8) is 0 Å². The largest absolute Gasteiger partial charge is 0.367 e. The number of rotatable bonds is 5. The molecule has 20 heavy (non-hydrogen) atoms. The molecule has 0 amide bonds. The second-order valence-corrected chi connectivity index (χ2v) is 5.96. The number of nitrogens with one attached hydrogen (secondary N) is 1. The summed E-state index contributed by atoms with van der Waals surface area (Å²) in [7, 11) is 0. The first kappa shape index (κ1) is 13.4. The van der Waals surface area contributed by atoms with E-state index in [-0.39, 0.29) is 10.6 Å². The Morgan fingerprint density at radius 3 is 2.75 bits per heavy atom. The Bertz CT molecular complexity index is 508. The fourth-order valence-corrected chi connectivity index (χ4v) is 3.02. The van der Waals surface area contributed by atoms with Crippen LogP contribution in [0, 0.1) is 17.0 Å². The van der Waals surface area contributed by atoms with E-state index in [2.05, 4.69) is 16.3 Å². The lowest BCUT2D eigenvalue weighted by molar-refractivity contribution is -0.384. The summed E-state index contributed by atoms with van der Waals surface area (Å²) in [6.07, 6.45) is 4.84. The summed E-state index contributed by atoms with van der Waals surface area (Å²) in [6, 6.07) is 6.53. The number of nitro groups is 1. The number of aryl methyl sites for hydroxylation is 1. The van der Waals surface area contributed by atoms with Gasteiger partial charge in [-0.05, 0) is 50.8 Å². The average Bonchev–Trinajstić information content (AvgIpc) is 3.12. The smallest absolute Gasteiger partial charge is 0.271 e. The third-order valence-electron chi connectivity index (χ3n) is 4.16. The van der Waals surface area contributed by atoms with E-state index in [4.69, 9.17) is 0 Å². The second-order valence-electron chi connectivity index (χ2n) is 5.96. The predicted molar refractivity (Wildman–Crippen MR) is 79.2 cm³/mol. The molecule has 0 spiro atoms. The van der Waals surface area contributed by atoms with Crippen molar-refractivity contribution in [2.24, 2.45) is 0 Å². The lowest BCUT2D eigenvalue weighted by Gasteiger charge is -2.28. The Labute approximate surface area is 119 Å². The molecule has 5 heteroatoms. The molecule has 0 bridgehead atoms. The minimum Gasteiger partial charge on any atom is -0.367 e. The maximum absolute atomic E-state index is 11.0. The second kappa shape index (κ2) is 5.40. The SMILES string of the molecule is Cc1cc(N(CC2CCCN2)C2CC2)cc([N+](=O)[O-])c1. The highest BCUT2D eigenvalue weighted by Gasteiger charge is 2.32. The van der Waals surface area contributed by atoms with Crippen LogP contribution in [0.3, 0.4) is 0 Å². The van der Waals surface area contributed by atoms with Crippen LogP contribution in [0.1, 0.15) is 31.2 Å². The monoisotopic (exact) mass is 275 g/mol. The molecular weight excluding hydrogens is 254 g/mol. The lowest BCUT2D eigenvalue weighted by Crippen LogP contribution is -2.39. The van der Waals surface area contributed by atoms with Crippen molar-refractivity contribution in [1.29, 1.82) is 0 Å². The maximum Gasteiger partial charge on any atom is 0.271 e. The van der Waals surface area contributed by atoms with Gasteiger partial charge in [0.1, 0.15) is 0 Å². The number of anilines is 1. The van der Waals surface area contributed by atoms with Gasteiger partial charge in [0.15, 0.2) is 0 Å². The van der Waals surface area contributed by atoms with Gasteiger partial charge in [0, 0.05) is 36.4 Å². The molecule has 1 aliphatic heterocycles. The molecule has 5 nitrogen and oxygen atoms in total. The van der Waals surface area contributed by atoms with E-state index in [0.717, 1.165) is 24.3 Å². The third-order valence-corrected chi connectivity index (χ3v) is 4.16. The molecule has 1 aliphatic carbocycles. The predicted octanol–water partition coefficient (Wildman–Crippen LogP) is 2.62. The van der Waals surface area contributed by atoms with E-state index in [1.54, 1.807) is 12.1 Å². The summed E-state index contributed by atoms with van der Waals surface area (Å²) in [4.78, 5) is 13.1. The zero-order chi connectivity index (χ0) is 14.1. The van der Waals surface area contributed by atoms with Gasteiger partial charge in [-0.2, -0.15) is 0 Å². The molecule has 0 radical (unpaired) electrons. The molecule has 2 aliphatic rings. The fourth-order valence-electron chi connectivity index (χ4n) is 3.02. The first-order valence-electron chi connectivity index (χ1n) is 7.39. The van der Waals surface area contributed by atoms with Crippen LogP contribution in [0.4, 0.5) is 11.4 Å². The molecule has 1 heterocycles. The Morgan fingerprint density at radius 1 is 1.35 bits per heavy atom. The van der Waals surface area contributed by atoms with Crippen LogP contribution in [0.15, 0.2) is 18.2 Å². The van der Waals surface area contributed by atoms with Crippen molar-refractivity contribution in [2.75, 3.05) is 18.0 Å². The van der Waals surface area contributed by atoms with Gasteiger partial charge in [0.25, 0.3) is 5.69 Å². The van der Waals surface area contributed by atoms with Gasteiger partial charge >= 0.3 is 0 Å². The van der Waals surface area contributed by atoms with Crippen LogP contribution in [-0.4, -0.2) is 30.1 Å². The Hall–Kier alpha value is -1.62. The molecule has 1 unspecified atom stereocenters. The molecular formula is C15H21N3O2. The summed E-state index contributed by atoms with van der Waals surface area (Å²) in [5, 5.41) is 14.5. The molecule has 1 atom stereocenters. The Morgan fingerprint density at radius 2 is 2.15 bits per heavy atom. The molecule has 108 valence electrons. The number of hydrogen-bond acceptors (Lipinski definition) is 4. The van der Waals surface area contributed by atoms with Gasteiger partial charge in [-0.3, -0.25) is 10.1 Å². The van der Waals surface area contributed by atoms with Crippen LogP contribution < -0.4 is 10.2 Å². The highest BCUT2D eigenvalue weighted by atomic mass is 16.6. The van der Waals surface area contributed by atoms with Crippen molar-refractivity contribution >= 4 is 11.4 Å². The minimum absolute atomic E-state index is 0.199. The number of non-ortho nitro benzene ring substituents is 1. The summed E-state index contributed by atoms with van der Waals surface area (Å²) in [6.45, 7) is 3.98. The van der Waals surface area contributed by atoms with Gasteiger partial charge in [-0.1, -0.05) is 0 Å². The molecule has 1 saturated heterocycles. The summed E-state index contributed by atoms with van der Waals surface area (Å²) >= 11 is 0. The van der Waals surface area contributed by atoms with E-state index in [9.17, 15) is 10.1 Å². The van der Waals surface area contributed by atoms with Crippen LogP contribution in [0.5, 0.6) is 0 Å². The van der Waals surface area contributed by atoms with E-state index >= 15 is 0 Å². The minimum atomic E-state index is -0.296. The zero-order valence-corrected chi connectivity index (χ0v) is 11.8. The van der Waals surface area contributed by atoms with Crippen molar-refractivity contribution in [3.05, 3.63) is 33.9 Å². The van der Waals surface area contributed by atoms with Crippen molar-refractivity contribution in [2.45, 2.75) is 44.7 Å². The average molecular weight is 275 g/mol. The van der Waals surface area contributed by atoms with E-state index < -0.39 is 0 Å². The molecule has 1 aromatic carbocycles. The van der Waals surface area contributed by atoms with Crippen LogP contribution in [-0.2, 0) is 0 Å². The van der Waals surface area contributed by atoms with E-state index in [1.165, 1.54) is 25.7 Å². The number of hydrogen-bond donors (Lipinski definition) is 1. The lowest BCUT2D eigenvalue weighted by atomic mass is 10.1. The highest BCUT2D eigenvalue weighted by molar-refractivity contribution is 5.57. The normalized spacial score (nSPS) is 21.9. The molecule has 1 N–H and O–H groups in total. The van der Waals surface area contributed by atoms with Crippen LogP contribution in [0.2, 0.25) is 0 Å². The first-order valence-corrected chi connectivity index (χ1v) is 7.39. The number of nitrogens with zero attached hydrogens (tertiary/aromatic N) is 2. The first-order chi connectivity index (χ1) is 9.63. The molecule has 1 aromatic rings. The van der Waals surface area contributed by atoms with Gasteiger partial charge in [0.2, 0.25) is 0 Å². The highest BCUT2D eigenvalue weighted by Crippen LogP contribution is 2.34. The molecule has 3 rings (SSSR count). The molecule has 2 fully saturated rings. The van der Waals surface area contributed by atoms with Gasteiger partial charge in [0.05, 0.1) is 4.92 Å². The molecule has 1 saturated carbocycles. The van der Waals surface area contributed by atoms with Gasteiger partial charge in [-0.25, -0.2) is 0 Å². The van der Waals surface area contributed by atoms with Crippen LogP contribution >= 0.6 is 0 Å². The van der Waals surface area contributed by atoms with Gasteiger partial charge in [-0.15, -0.1) is 0 Å². The Kier molecular flexibility index (Phi) is 3.61. The number of nitro benzene ring substituents is 1. The standard InChI is InChI=1S/C15H21N3O2/c1-11-7-14(9-15(8-11)18(19)20)17(13-4-5-13)10-12-3-2-6-16-12/h7-9,12-13,16H,2-6,10H2,1H3. The summed E-state index contributed by atoms with van der Waals surface area (Å²) in [5.41, 5.74) is 2.16. The van der Waals surface area contributed by atoms with Crippen molar-refractivity contribution in [1.82, 2.24) is 5.32 Å². The van der Waals surface area contributed by atoms with E-state index in [0.29, 0.717) is 12.1 Å². The van der Waals surface area contributed by atoms with Crippen molar-refractivity contribution in [3.8, 4) is 0 Å². The maximum atomic E-state index is 11.0. The third kappa shape index (κ3) is 2.93. The summed E-state index contributed by atoms with van der Waals surface area (Å²) in [5.74, 6) is 0. The molecule has 0 aromatic heterocycles.